The molecule has 5 heteroatoms. The van der Waals surface area contributed by atoms with Crippen molar-refractivity contribution in [1.29, 1.82) is 5.41 Å². The molecular weight excluding hydrogens is 216 g/mol. The Balaban J connectivity index is 2.04. The van der Waals surface area contributed by atoms with E-state index in [9.17, 15) is 0 Å². The van der Waals surface area contributed by atoms with Gasteiger partial charge in [0.25, 0.3) is 0 Å². The maximum absolute atomic E-state index is 7.28. The molecule has 0 fully saturated rings. The lowest BCUT2D eigenvalue weighted by Gasteiger charge is -2.05. The van der Waals surface area contributed by atoms with Gasteiger partial charge in [-0.05, 0) is 5.56 Å². The lowest BCUT2D eigenvalue weighted by molar-refractivity contribution is 0.290. The van der Waals surface area contributed by atoms with Crippen LogP contribution in [0.4, 0.5) is 0 Å². The van der Waals surface area contributed by atoms with E-state index in [-0.39, 0.29) is 5.84 Å². The van der Waals surface area contributed by atoms with Crippen molar-refractivity contribution in [2.24, 2.45) is 5.73 Å². The molecule has 1 heterocycles. The van der Waals surface area contributed by atoms with Gasteiger partial charge >= 0.3 is 0 Å². The number of nitrogens with zero attached hydrogens (tertiary/aromatic N) is 2. The molecule has 0 aliphatic carbocycles. The van der Waals surface area contributed by atoms with Crippen molar-refractivity contribution in [3.05, 3.63) is 53.7 Å². The van der Waals surface area contributed by atoms with Crippen LogP contribution in [0.2, 0.25) is 0 Å². The van der Waals surface area contributed by atoms with Gasteiger partial charge in [0.15, 0.2) is 0 Å². The van der Waals surface area contributed by atoms with Gasteiger partial charge in [-0.3, -0.25) is 5.41 Å². The van der Waals surface area contributed by atoms with Crippen molar-refractivity contribution in [1.82, 2.24) is 10.2 Å². The molecule has 1 aromatic carbocycles. The van der Waals surface area contributed by atoms with Crippen LogP contribution in [0, 0.1) is 5.41 Å². The Kier molecular flexibility index (Phi) is 3.30. The molecule has 1 aromatic heterocycles. The van der Waals surface area contributed by atoms with Gasteiger partial charge < -0.3 is 10.5 Å². The number of aromatic nitrogens is 2. The zero-order chi connectivity index (χ0) is 12.1. The molecule has 2 rings (SSSR count). The molecule has 0 spiro atoms. The molecule has 86 valence electrons. The number of nitrogens with two attached hydrogens (primary N) is 1. The molecule has 0 unspecified atom stereocenters. The number of hydrogen-bond donors (Lipinski definition) is 2. The second kappa shape index (κ2) is 5.07. The van der Waals surface area contributed by atoms with Gasteiger partial charge in [0.2, 0.25) is 5.88 Å². The van der Waals surface area contributed by atoms with Gasteiger partial charge in [-0.1, -0.05) is 30.3 Å². The number of ether oxygens (including phenoxy) is 1. The summed E-state index contributed by atoms with van der Waals surface area (Å²) < 4.78 is 5.46. The van der Waals surface area contributed by atoms with Crippen molar-refractivity contribution in [2.75, 3.05) is 0 Å². The second-order valence-electron chi connectivity index (χ2n) is 3.47. The molecule has 0 atom stereocenters. The standard InChI is InChI=1S/C12H12N4O/c13-12(14)10-6-11(16-15-7-10)17-8-9-4-2-1-3-5-9/h1-7H,8H2,(H3,13,14). The SMILES string of the molecule is N=C(N)c1cnnc(OCc2ccccc2)c1. The monoisotopic (exact) mass is 228 g/mol. The fourth-order valence-corrected chi connectivity index (χ4v) is 1.30. The molecule has 0 aliphatic heterocycles. The lowest BCUT2D eigenvalue weighted by Crippen LogP contribution is -2.12. The summed E-state index contributed by atoms with van der Waals surface area (Å²) in [5.74, 6) is 0.311. The number of amidine groups is 1. The average molecular weight is 228 g/mol. The molecule has 0 amide bonds. The van der Waals surface area contributed by atoms with Crippen molar-refractivity contribution < 1.29 is 4.74 Å². The van der Waals surface area contributed by atoms with Gasteiger partial charge in [0.05, 0.1) is 6.20 Å². The molecule has 0 bridgehead atoms. The number of rotatable bonds is 4. The summed E-state index contributed by atoms with van der Waals surface area (Å²) in [5, 5.41) is 14.8. The van der Waals surface area contributed by atoms with E-state index in [2.05, 4.69) is 10.2 Å². The molecule has 0 saturated heterocycles. The Labute approximate surface area is 98.8 Å². The third-order valence-corrected chi connectivity index (χ3v) is 2.17. The third-order valence-electron chi connectivity index (χ3n) is 2.17. The first-order valence-electron chi connectivity index (χ1n) is 5.09. The molecule has 0 radical (unpaired) electrons. The van der Waals surface area contributed by atoms with Crippen molar-refractivity contribution in [3.8, 4) is 5.88 Å². The van der Waals surface area contributed by atoms with Gasteiger partial charge in [0.1, 0.15) is 12.4 Å². The molecule has 2 aromatic rings. The van der Waals surface area contributed by atoms with Gasteiger partial charge in [0, 0.05) is 11.6 Å². The topological polar surface area (TPSA) is 84.9 Å². The number of benzene rings is 1. The van der Waals surface area contributed by atoms with E-state index in [1.165, 1.54) is 6.20 Å². The maximum atomic E-state index is 7.28. The highest BCUT2D eigenvalue weighted by Gasteiger charge is 2.02. The quantitative estimate of drug-likeness (QED) is 0.610. The van der Waals surface area contributed by atoms with Crippen LogP contribution in [-0.4, -0.2) is 16.0 Å². The highest BCUT2D eigenvalue weighted by molar-refractivity contribution is 5.94. The van der Waals surface area contributed by atoms with E-state index >= 15 is 0 Å². The number of nitrogens with one attached hydrogen (secondary N) is 1. The summed E-state index contributed by atoms with van der Waals surface area (Å²) in [4.78, 5) is 0. The molecule has 17 heavy (non-hydrogen) atoms. The molecule has 3 N–H and O–H groups in total. The minimum Gasteiger partial charge on any atom is -0.472 e. The predicted octanol–water partition coefficient (Wildman–Crippen LogP) is 1.34. The summed E-state index contributed by atoms with van der Waals surface area (Å²) in [6.07, 6.45) is 1.43. The summed E-state index contributed by atoms with van der Waals surface area (Å²) >= 11 is 0. The van der Waals surface area contributed by atoms with Crippen LogP contribution >= 0.6 is 0 Å². The summed E-state index contributed by atoms with van der Waals surface area (Å²) in [7, 11) is 0. The second-order valence-corrected chi connectivity index (χ2v) is 3.47. The van der Waals surface area contributed by atoms with Crippen LogP contribution in [-0.2, 0) is 6.61 Å². The van der Waals surface area contributed by atoms with Gasteiger partial charge in [-0.15, -0.1) is 5.10 Å². The largest absolute Gasteiger partial charge is 0.472 e. The highest BCUT2D eigenvalue weighted by atomic mass is 16.5. The Morgan fingerprint density at radius 2 is 2.06 bits per heavy atom. The predicted molar refractivity (Wildman–Crippen MR) is 63.8 cm³/mol. The zero-order valence-electron chi connectivity index (χ0n) is 9.13. The first-order chi connectivity index (χ1) is 8.25. The van der Waals surface area contributed by atoms with E-state index < -0.39 is 0 Å². The Bertz CT molecular complexity index is 513. The zero-order valence-corrected chi connectivity index (χ0v) is 9.13. The normalized spacial score (nSPS) is 9.88. The Hall–Kier alpha value is -2.43. The minimum absolute atomic E-state index is 0.0514. The van der Waals surface area contributed by atoms with Crippen LogP contribution in [0.1, 0.15) is 11.1 Å². The van der Waals surface area contributed by atoms with E-state index in [1.54, 1.807) is 6.07 Å². The van der Waals surface area contributed by atoms with Gasteiger partial charge in [-0.25, -0.2) is 0 Å². The molecule has 0 aliphatic rings. The Morgan fingerprint density at radius 1 is 1.29 bits per heavy atom. The first kappa shape index (κ1) is 11.1. The Morgan fingerprint density at radius 3 is 2.76 bits per heavy atom. The van der Waals surface area contributed by atoms with Gasteiger partial charge in [-0.2, -0.15) is 5.10 Å². The lowest BCUT2D eigenvalue weighted by atomic mass is 10.2. The third kappa shape index (κ3) is 3.01. The van der Waals surface area contributed by atoms with Crippen LogP contribution in [0.25, 0.3) is 0 Å². The maximum Gasteiger partial charge on any atom is 0.234 e. The number of nitrogen functional groups attached to an aromatic ring is 1. The van der Waals surface area contributed by atoms with E-state index in [0.29, 0.717) is 18.1 Å². The first-order valence-corrected chi connectivity index (χ1v) is 5.09. The van der Waals surface area contributed by atoms with Crippen LogP contribution in [0.5, 0.6) is 5.88 Å². The molecule has 0 saturated carbocycles. The molecular formula is C12H12N4O. The summed E-state index contributed by atoms with van der Waals surface area (Å²) in [6.45, 7) is 0.414. The molecule has 5 nitrogen and oxygen atoms in total. The van der Waals surface area contributed by atoms with Crippen molar-refractivity contribution in [3.63, 3.8) is 0 Å². The fourth-order valence-electron chi connectivity index (χ4n) is 1.30. The smallest absolute Gasteiger partial charge is 0.234 e. The summed E-state index contributed by atoms with van der Waals surface area (Å²) in [5.41, 5.74) is 6.90. The van der Waals surface area contributed by atoms with Crippen molar-refractivity contribution >= 4 is 5.84 Å². The highest BCUT2D eigenvalue weighted by Crippen LogP contribution is 2.09. The van der Waals surface area contributed by atoms with E-state index in [4.69, 9.17) is 15.9 Å². The fraction of sp³-hybridized carbons (Fsp3) is 0.0833. The number of hydrogen-bond acceptors (Lipinski definition) is 4. The van der Waals surface area contributed by atoms with Crippen LogP contribution < -0.4 is 10.5 Å². The average Bonchev–Trinajstić information content (AvgIpc) is 2.38. The van der Waals surface area contributed by atoms with Crippen molar-refractivity contribution in [2.45, 2.75) is 6.61 Å². The van der Waals surface area contributed by atoms with E-state index in [0.717, 1.165) is 5.56 Å². The summed E-state index contributed by atoms with van der Waals surface area (Å²) in [6, 6.07) is 11.3. The van der Waals surface area contributed by atoms with Crippen LogP contribution in [0.15, 0.2) is 42.6 Å². The minimum atomic E-state index is -0.0514. The van der Waals surface area contributed by atoms with Crippen LogP contribution in [0.3, 0.4) is 0 Å². The van der Waals surface area contributed by atoms with E-state index in [1.807, 2.05) is 30.3 Å².